The standard InChI is InChI=1S/C28H36ClN7O5S/c1-6-18-15-21(24(39-4)16-22(18)36-11-9-34(2)10-12-36)32-28-30-17-19(29)27(33-28)31-20-7-8-23-26(41-14-13-40-23)25(20)35(3)42(5,37)38/h7-8,15-17H,6,9-14H2,1-5H3,(H2,30,31,32,33). The summed E-state index contributed by atoms with van der Waals surface area (Å²) in [4.78, 5) is 13.7. The van der Waals surface area contributed by atoms with Gasteiger partial charge in [0, 0.05) is 45.0 Å². The Morgan fingerprint density at radius 1 is 1.10 bits per heavy atom. The van der Waals surface area contributed by atoms with E-state index in [0.717, 1.165) is 54.5 Å². The Hall–Kier alpha value is -3.68. The van der Waals surface area contributed by atoms with E-state index in [1.165, 1.54) is 18.8 Å². The predicted octanol–water partition coefficient (Wildman–Crippen LogP) is 4.11. The molecule has 2 aliphatic heterocycles. The molecule has 3 heterocycles. The normalized spacial score (nSPS) is 15.3. The van der Waals surface area contributed by atoms with E-state index in [9.17, 15) is 8.42 Å². The first-order valence-electron chi connectivity index (χ1n) is 13.7. The zero-order valence-electron chi connectivity index (χ0n) is 24.4. The topological polar surface area (TPSA) is 121 Å². The number of benzene rings is 2. The zero-order chi connectivity index (χ0) is 30.0. The van der Waals surface area contributed by atoms with Crippen LogP contribution in [-0.2, 0) is 16.4 Å². The van der Waals surface area contributed by atoms with Crippen molar-refractivity contribution in [3.8, 4) is 17.2 Å². The van der Waals surface area contributed by atoms with Gasteiger partial charge in [0.25, 0.3) is 0 Å². The second-order valence-electron chi connectivity index (χ2n) is 10.2. The second-order valence-corrected chi connectivity index (χ2v) is 12.6. The monoisotopic (exact) mass is 617 g/mol. The van der Waals surface area contributed by atoms with Crippen LogP contribution in [0.15, 0.2) is 30.5 Å². The van der Waals surface area contributed by atoms with Gasteiger partial charge in [0.1, 0.15) is 29.7 Å². The minimum Gasteiger partial charge on any atom is -0.494 e. The lowest BCUT2D eigenvalue weighted by Gasteiger charge is -2.35. The number of nitrogens with one attached hydrogen (secondary N) is 2. The van der Waals surface area contributed by atoms with Crippen LogP contribution >= 0.6 is 11.6 Å². The van der Waals surface area contributed by atoms with Gasteiger partial charge in [0.2, 0.25) is 16.0 Å². The number of hydrogen-bond donors (Lipinski definition) is 2. The minimum atomic E-state index is -3.63. The molecule has 0 spiro atoms. The molecule has 42 heavy (non-hydrogen) atoms. The first-order valence-corrected chi connectivity index (χ1v) is 15.9. The van der Waals surface area contributed by atoms with Gasteiger partial charge >= 0.3 is 0 Å². The average molecular weight is 618 g/mol. The Kier molecular flexibility index (Phi) is 8.71. The number of hydrogen-bond acceptors (Lipinski definition) is 11. The number of rotatable bonds is 9. The maximum absolute atomic E-state index is 12.5. The van der Waals surface area contributed by atoms with Crippen LogP contribution < -0.4 is 34.0 Å². The van der Waals surface area contributed by atoms with Crippen LogP contribution in [0.4, 0.5) is 34.5 Å². The van der Waals surface area contributed by atoms with Gasteiger partial charge in [-0.2, -0.15) is 4.98 Å². The van der Waals surface area contributed by atoms with Crippen molar-refractivity contribution < 1.29 is 22.6 Å². The van der Waals surface area contributed by atoms with Crippen molar-refractivity contribution in [1.29, 1.82) is 0 Å². The molecule has 1 saturated heterocycles. The molecule has 0 saturated carbocycles. The molecular weight excluding hydrogens is 582 g/mol. The minimum absolute atomic E-state index is 0.245. The summed E-state index contributed by atoms with van der Waals surface area (Å²) in [5.74, 6) is 1.99. The lowest BCUT2D eigenvalue weighted by Crippen LogP contribution is -2.44. The molecule has 5 rings (SSSR count). The number of halogens is 1. The number of aryl methyl sites for hydroxylation is 1. The van der Waals surface area contributed by atoms with Crippen LogP contribution in [0.5, 0.6) is 17.2 Å². The Morgan fingerprint density at radius 3 is 2.52 bits per heavy atom. The summed E-state index contributed by atoms with van der Waals surface area (Å²) >= 11 is 6.50. The number of aromatic nitrogens is 2. The third kappa shape index (κ3) is 6.22. The lowest BCUT2D eigenvalue weighted by molar-refractivity contribution is 0.172. The highest BCUT2D eigenvalue weighted by atomic mass is 35.5. The molecule has 0 radical (unpaired) electrons. The first-order chi connectivity index (χ1) is 20.1. The van der Waals surface area contributed by atoms with Crippen molar-refractivity contribution in [3.05, 3.63) is 41.0 Å². The number of ether oxygens (including phenoxy) is 3. The van der Waals surface area contributed by atoms with Gasteiger partial charge < -0.3 is 34.6 Å². The Labute approximate surface area is 251 Å². The highest BCUT2D eigenvalue weighted by Crippen LogP contribution is 2.46. The molecule has 0 aliphatic carbocycles. The maximum Gasteiger partial charge on any atom is 0.232 e. The quantitative estimate of drug-likeness (QED) is 0.361. The van der Waals surface area contributed by atoms with E-state index in [1.54, 1.807) is 19.2 Å². The van der Waals surface area contributed by atoms with Gasteiger partial charge in [0.15, 0.2) is 17.3 Å². The maximum atomic E-state index is 12.5. The van der Waals surface area contributed by atoms with E-state index in [-0.39, 0.29) is 22.5 Å². The average Bonchev–Trinajstić information content (AvgIpc) is 2.98. The van der Waals surface area contributed by atoms with Crippen molar-refractivity contribution in [2.45, 2.75) is 13.3 Å². The molecule has 3 aromatic rings. The first kappa shape index (κ1) is 29.8. The van der Waals surface area contributed by atoms with Crippen LogP contribution in [0.1, 0.15) is 12.5 Å². The summed E-state index contributed by atoms with van der Waals surface area (Å²) in [5, 5.41) is 6.69. The van der Waals surface area contributed by atoms with Crippen LogP contribution in [0.25, 0.3) is 0 Å². The van der Waals surface area contributed by atoms with E-state index in [4.69, 9.17) is 25.8 Å². The SMILES string of the molecule is CCc1cc(Nc2ncc(Cl)c(Nc3ccc4c(c3N(C)S(C)(=O)=O)OCCO4)n2)c(OC)cc1N1CCN(C)CC1. The highest BCUT2D eigenvalue weighted by Gasteiger charge is 2.27. The molecule has 1 fully saturated rings. The van der Waals surface area contributed by atoms with Crippen molar-refractivity contribution in [2.24, 2.45) is 0 Å². The highest BCUT2D eigenvalue weighted by molar-refractivity contribution is 7.92. The lowest BCUT2D eigenvalue weighted by atomic mass is 10.1. The number of likely N-dealkylation sites (N-methyl/N-ethyl adjacent to an activating group) is 1. The smallest absolute Gasteiger partial charge is 0.232 e. The van der Waals surface area contributed by atoms with Crippen LogP contribution in [-0.4, -0.2) is 90.1 Å². The van der Waals surface area contributed by atoms with E-state index in [0.29, 0.717) is 36.1 Å². The third-order valence-corrected chi connectivity index (χ3v) is 8.82. The summed E-state index contributed by atoms with van der Waals surface area (Å²) in [5.41, 5.74) is 3.76. The number of fused-ring (bicyclic) bond motifs is 1. The van der Waals surface area contributed by atoms with Crippen LogP contribution in [0.3, 0.4) is 0 Å². The number of nitrogens with zero attached hydrogens (tertiary/aromatic N) is 5. The van der Waals surface area contributed by atoms with Gasteiger partial charge in [-0.05, 0) is 37.2 Å². The van der Waals surface area contributed by atoms with Crippen molar-refractivity contribution in [1.82, 2.24) is 14.9 Å². The number of piperazine rings is 1. The fourth-order valence-corrected chi connectivity index (χ4v) is 5.60. The molecule has 14 heteroatoms. The van der Waals surface area contributed by atoms with E-state index < -0.39 is 10.0 Å². The summed E-state index contributed by atoms with van der Waals surface area (Å²) in [6.45, 7) is 6.70. The van der Waals surface area contributed by atoms with Gasteiger partial charge in [-0.1, -0.05) is 18.5 Å². The van der Waals surface area contributed by atoms with Crippen molar-refractivity contribution >= 4 is 56.1 Å². The van der Waals surface area contributed by atoms with E-state index >= 15 is 0 Å². The second kappa shape index (κ2) is 12.3. The summed E-state index contributed by atoms with van der Waals surface area (Å²) in [7, 11) is 1.59. The predicted molar refractivity (Wildman–Crippen MR) is 166 cm³/mol. The molecule has 0 unspecified atom stereocenters. The molecular formula is C28H36ClN7O5S. The fourth-order valence-electron chi connectivity index (χ4n) is 4.95. The van der Waals surface area contributed by atoms with Crippen LogP contribution in [0, 0.1) is 0 Å². The molecule has 2 N–H and O–H groups in total. The molecule has 2 aliphatic rings. The van der Waals surface area contributed by atoms with Crippen molar-refractivity contribution in [3.63, 3.8) is 0 Å². The van der Waals surface area contributed by atoms with Crippen molar-refractivity contribution in [2.75, 3.05) is 86.7 Å². The zero-order valence-corrected chi connectivity index (χ0v) is 26.0. The number of sulfonamides is 1. The molecule has 226 valence electrons. The molecule has 12 nitrogen and oxygen atoms in total. The molecule has 0 bridgehead atoms. The fraction of sp³-hybridized carbons (Fsp3) is 0.429. The molecule has 2 aromatic carbocycles. The molecule has 0 amide bonds. The third-order valence-electron chi connectivity index (χ3n) is 7.36. The summed E-state index contributed by atoms with van der Waals surface area (Å²) in [6, 6.07) is 7.54. The number of anilines is 6. The Balaban J connectivity index is 1.47. The summed E-state index contributed by atoms with van der Waals surface area (Å²) in [6.07, 6.45) is 3.44. The van der Waals surface area contributed by atoms with Gasteiger partial charge in [0.05, 0.1) is 30.9 Å². The molecule has 1 aromatic heterocycles. The molecule has 0 atom stereocenters. The summed E-state index contributed by atoms with van der Waals surface area (Å²) < 4.78 is 43.4. The van der Waals surface area contributed by atoms with E-state index in [2.05, 4.69) is 56.5 Å². The van der Waals surface area contributed by atoms with Gasteiger partial charge in [-0.25, -0.2) is 13.4 Å². The Bertz CT molecular complexity index is 1560. The number of methoxy groups -OCH3 is 1. The van der Waals surface area contributed by atoms with Gasteiger partial charge in [-0.3, -0.25) is 4.31 Å². The van der Waals surface area contributed by atoms with E-state index in [1.807, 2.05) is 0 Å². The largest absolute Gasteiger partial charge is 0.494 e. The van der Waals surface area contributed by atoms with Crippen LogP contribution in [0.2, 0.25) is 5.02 Å². The Morgan fingerprint density at radius 2 is 1.83 bits per heavy atom. The van der Waals surface area contributed by atoms with Gasteiger partial charge in [-0.15, -0.1) is 0 Å².